The highest BCUT2D eigenvalue weighted by molar-refractivity contribution is 5.94. The van der Waals surface area contributed by atoms with Crippen molar-refractivity contribution in [1.29, 1.82) is 0 Å². The number of esters is 1. The number of cyclic esters (lactones) is 1. The Balaban J connectivity index is 1.35. The maximum absolute atomic E-state index is 11.8. The van der Waals surface area contributed by atoms with Crippen molar-refractivity contribution in [3.8, 4) is 11.3 Å². The number of ether oxygens (including phenoxy) is 2. The van der Waals surface area contributed by atoms with Gasteiger partial charge in [0.05, 0.1) is 25.3 Å². The second-order valence-electron chi connectivity index (χ2n) is 7.92. The smallest absolute Gasteiger partial charge is 0.338 e. The number of carbonyl (C=O) groups excluding carboxylic acids is 1. The van der Waals surface area contributed by atoms with Crippen LogP contribution in [0.1, 0.15) is 21.7 Å². The fraction of sp³-hybridized carbons (Fsp3) is 0.476. The Morgan fingerprint density at radius 2 is 2.04 bits per heavy atom. The van der Waals surface area contributed by atoms with Gasteiger partial charge in [0.15, 0.2) is 0 Å². The Labute approximate surface area is 158 Å². The van der Waals surface area contributed by atoms with Crippen molar-refractivity contribution in [3.63, 3.8) is 0 Å². The van der Waals surface area contributed by atoms with E-state index < -0.39 is 0 Å². The van der Waals surface area contributed by atoms with Crippen molar-refractivity contribution >= 4 is 5.97 Å². The van der Waals surface area contributed by atoms with Gasteiger partial charge >= 0.3 is 5.97 Å². The van der Waals surface area contributed by atoms with E-state index in [0.717, 1.165) is 62.0 Å². The van der Waals surface area contributed by atoms with Gasteiger partial charge in [-0.15, -0.1) is 0 Å². The summed E-state index contributed by atoms with van der Waals surface area (Å²) >= 11 is 0. The predicted molar refractivity (Wildman–Crippen MR) is 99.3 cm³/mol. The van der Waals surface area contributed by atoms with Crippen LogP contribution in [-0.4, -0.2) is 61.7 Å². The first-order chi connectivity index (χ1) is 13.2. The third-order valence-electron chi connectivity index (χ3n) is 5.76. The van der Waals surface area contributed by atoms with Crippen LogP contribution in [-0.2, 0) is 22.6 Å². The molecule has 0 amide bonds. The standard InChI is InChI=1S/C21H24N2O4/c1-22-7-14-8-23(17(9-22)13-25-11-14)10-18-4-5-20(27-18)15-2-3-16-12-26-21(24)19(16)6-15/h2-6,14,17H,7-13H2,1H3/t14-,17-/m0/s1. The molecule has 2 bridgehead atoms. The molecule has 0 aliphatic carbocycles. The topological polar surface area (TPSA) is 55.2 Å². The molecule has 27 heavy (non-hydrogen) atoms. The van der Waals surface area contributed by atoms with Crippen LogP contribution >= 0.6 is 0 Å². The number of carbonyl (C=O) groups is 1. The second-order valence-corrected chi connectivity index (χ2v) is 7.92. The monoisotopic (exact) mass is 368 g/mol. The van der Waals surface area contributed by atoms with Gasteiger partial charge in [-0.25, -0.2) is 4.79 Å². The molecule has 142 valence electrons. The van der Waals surface area contributed by atoms with Crippen LogP contribution < -0.4 is 0 Å². The van der Waals surface area contributed by atoms with E-state index >= 15 is 0 Å². The molecule has 2 aromatic rings. The molecule has 0 saturated carbocycles. The highest BCUT2D eigenvalue weighted by Gasteiger charge is 2.32. The van der Waals surface area contributed by atoms with Crippen molar-refractivity contribution in [2.45, 2.75) is 19.2 Å². The fourth-order valence-corrected chi connectivity index (χ4v) is 4.44. The van der Waals surface area contributed by atoms with Crippen LogP contribution in [0.25, 0.3) is 11.3 Å². The van der Waals surface area contributed by atoms with Crippen LogP contribution in [0.15, 0.2) is 34.7 Å². The molecule has 3 aliphatic rings. The Hall–Kier alpha value is -2.15. The fourth-order valence-electron chi connectivity index (χ4n) is 4.44. The molecule has 6 heteroatoms. The zero-order chi connectivity index (χ0) is 18.4. The number of hydrogen-bond donors (Lipinski definition) is 0. The number of furan rings is 1. The summed E-state index contributed by atoms with van der Waals surface area (Å²) in [5.74, 6) is 2.03. The predicted octanol–water partition coefficient (Wildman–Crippen LogP) is 2.38. The first-order valence-electron chi connectivity index (χ1n) is 9.55. The van der Waals surface area contributed by atoms with Crippen LogP contribution in [0.5, 0.6) is 0 Å². The first kappa shape index (κ1) is 17.0. The van der Waals surface area contributed by atoms with E-state index in [9.17, 15) is 4.79 Å². The molecule has 3 aliphatic heterocycles. The highest BCUT2D eigenvalue weighted by Crippen LogP contribution is 2.29. The van der Waals surface area contributed by atoms with Gasteiger partial charge in [-0.2, -0.15) is 0 Å². The molecule has 1 aromatic heterocycles. The van der Waals surface area contributed by atoms with Gasteiger partial charge < -0.3 is 18.8 Å². The van der Waals surface area contributed by atoms with Gasteiger partial charge in [0, 0.05) is 42.7 Å². The summed E-state index contributed by atoms with van der Waals surface area (Å²) in [6, 6.07) is 10.2. The average Bonchev–Trinajstić information content (AvgIpc) is 3.16. The zero-order valence-electron chi connectivity index (χ0n) is 15.5. The Kier molecular flexibility index (Phi) is 4.27. The minimum Gasteiger partial charge on any atom is -0.460 e. The maximum Gasteiger partial charge on any atom is 0.338 e. The lowest BCUT2D eigenvalue weighted by Crippen LogP contribution is -2.42. The summed E-state index contributed by atoms with van der Waals surface area (Å²) in [7, 11) is 2.19. The van der Waals surface area contributed by atoms with E-state index in [1.165, 1.54) is 0 Å². The molecule has 2 saturated heterocycles. The van der Waals surface area contributed by atoms with Crippen LogP contribution in [0, 0.1) is 5.92 Å². The number of benzene rings is 1. The van der Waals surface area contributed by atoms with Gasteiger partial charge in [0.1, 0.15) is 18.1 Å². The van der Waals surface area contributed by atoms with E-state index in [1.54, 1.807) is 0 Å². The van der Waals surface area contributed by atoms with E-state index in [4.69, 9.17) is 13.9 Å². The number of nitrogens with zero attached hydrogens (tertiary/aromatic N) is 2. The minimum absolute atomic E-state index is 0.250. The van der Waals surface area contributed by atoms with Gasteiger partial charge in [-0.05, 0) is 25.2 Å². The third-order valence-corrected chi connectivity index (χ3v) is 5.76. The Morgan fingerprint density at radius 3 is 2.96 bits per heavy atom. The van der Waals surface area contributed by atoms with E-state index in [-0.39, 0.29) is 5.97 Å². The van der Waals surface area contributed by atoms with Crippen molar-refractivity contribution in [2.75, 3.05) is 39.9 Å². The largest absolute Gasteiger partial charge is 0.460 e. The molecule has 1 aromatic carbocycles. The average molecular weight is 368 g/mol. The molecule has 2 atom stereocenters. The molecular formula is C21H24N2O4. The van der Waals surface area contributed by atoms with Gasteiger partial charge in [0.2, 0.25) is 0 Å². The normalized spacial score (nSPS) is 25.9. The summed E-state index contributed by atoms with van der Waals surface area (Å²) < 4.78 is 17.1. The summed E-state index contributed by atoms with van der Waals surface area (Å²) in [6.07, 6.45) is 0. The number of likely N-dealkylation sites (N-methyl/N-ethyl adjacent to an activating group) is 1. The SMILES string of the molecule is CN1C[C@@H]2COC[C@H](C1)N(Cc1ccc(-c3ccc4c(c3)C(=O)OC4)o1)C2. The van der Waals surface area contributed by atoms with Crippen molar-refractivity contribution < 1.29 is 18.7 Å². The lowest BCUT2D eigenvalue weighted by atomic mass is 10.0. The van der Waals surface area contributed by atoms with E-state index in [1.807, 2.05) is 30.3 Å². The molecule has 0 unspecified atom stereocenters. The minimum atomic E-state index is -0.250. The van der Waals surface area contributed by atoms with Crippen molar-refractivity contribution in [3.05, 3.63) is 47.2 Å². The quantitative estimate of drug-likeness (QED) is 0.776. The third kappa shape index (κ3) is 3.29. The van der Waals surface area contributed by atoms with E-state index in [0.29, 0.717) is 24.1 Å². The molecule has 4 heterocycles. The van der Waals surface area contributed by atoms with Gasteiger partial charge in [-0.3, -0.25) is 4.90 Å². The Morgan fingerprint density at radius 1 is 1.11 bits per heavy atom. The number of fused-ring (bicyclic) bond motifs is 4. The van der Waals surface area contributed by atoms with Gasteiger partial charge in [0.25, 0.3) is 0 Å². The number of rotatable bonds is 3. The van der Waals surface area contributed by atoms with Crippen molar-refractivity contribution in [1.82, 2.24) is 9.80 Å². The molecule has 2 fully saturated rings. The van der Waals surface area contributed by atoms with Crippen molar-refractivity contribution in [2.24, 2.45) is 5.92 Å². The molecule has 0 spiro atoms. The van der Waals surface area contributed by atoms with Crippen LogP contribution in [0.4, 0.5) is 0 Å². The Bertz CT molecular complexity index is 862. The van der Waals surface area contributed by atoms with Gasteiger partial charge in [-0.1, -0.05) is 12.1 Å². The molecular weight excluding hydrogens is 344 g/mol. The first-order valence-corrected chi connectivity index (χ1v) is 9.55. The second kappa shape index (κ2) is 6.78. The lowest BCUT2D eigenvalue weighted by Gasteiger charge is -2.28. The summed E-state index contributed by atoms with van der Waals surface area (Å²) in [6.45, 7) is 5.92. The number of hydrogen-bond acceptors (Lipinski definition) is 6. The molecule has 6 nitrogen and oxygen atoms in total. The van der Waals surface area contributed by atoms with E-state index in [2.05, 4.69) is 16.8 Å². The molecule has 0 N–H and O–H groups in total. The highest BCUT2D eigenvalue weighted by atomic mass is 16.5. The molecule has 0 radical (unpaired) electrons. The van der Waals surface area contributed by atoms with Crippen LogP contribution in [0.3, 0.4) is 0 Å². The summed E-state index contributed by atoms with van der Waals surface area (Å²) in [5, 5.41) is 0. The lowest BCUT2D eigenvalue weighted by molar-refractivity contribution is 0.0535. The van der Waals surface area contributed by atoms with Crippen LogP contribution in [0.2, 0.25) is 0 Å². The zero-order valence-corrected chi connectivity index (χ0v) is 15.5. The maximum atomic E-state index is 11.8. The molecule has 5 rings (SSSR count). The summed E-state index contributed by atoms with van der Waals surface area (Å²) in [5.41, 5.74) is 2.50. The summed E-state index contributed by atoms with van der Waals surface area (Å²) in [4.78, 5) is 16.7.